The average molecular weight is 677 g/mol. The molecule has 0 atom stereocenters. The summed E-state index contributed by atoms with van der Waals surface area (Å²) in [4.78, 5) is 37.4. The molecule has 4 aromatic rings. The maximum atomic E-state index is 12.1. The van der Waals surface area contributed by atoms with Crippen molar-refractivity contribution in [1.29, 1.82) is 0 Å². The van der Waals surface area contributed by atoms with Gasteiger partial charge in [0.1, 0.15) is 27.6 Å². The molecule has 0 amide bonds. The van der Waals surface area contributed by atoms with E-state index < -0.39 is 69.1 Å². The van der Waals surface area contributed by atoms with E-state index in [0.29, 0.717) is 0 Å². The first-order valence-corrected chi connectivity index (χ1v) is 16.3. The fraction of sp³-hybridized carbons (Fsp3) is 0. The highest BCUT2D eigenvalue weighted by Crippen LogP contribution is 2.48. The first-order valence-electron chi connectivity index (χ1n) is 10.9. The first-order chi connectivity index (χ1) is 19.4. The van der Waals surface area contributed by atoms with Gasteiger partial charge in [0.05, 0.1) is 16.0 Å². The van der Waals surface area contributed by atoms with Gasteiger partial charge in [0.15, 0.2) is 11.5 Å². The van der Waals surface area contributed by atoms with Crippen LogP contribution in [-0.2, 0) is 19.2 Å². The minimum absolute atomic E-state index is 0.00796. The number of phenols is 2. The van der Waals surface area contributed by atoms with E-state index in [4.69, 9.17) is 23.2 Å². The summed E-state index contributed by atoms with van der Waals surface area (Å²) in [6, 6.07) is 9.74. The molecule has 7 N–H and O–H groups in total. The zero-order chi connectivity index (χ0) is 31.2. The van der Waals surface area contributed by atoms with Crippen LogP contribution in [0.3, 0.4) is 0 Å². The SMILES string of the molecule is O=P(O)(O)c1cc(Cl)ccc1N=Nc1ccc2cc(S(=O)(=O)O)c(N=Nc3ccc(Cl)cc3P(=O)(O)O)c(O)c2c1O. The molecule has 0 spiro atoms. The third-order valence-corrected chi connectivity index (χ3v) is 8.78. The maximum Gasteiger partial charge on any atom is 0.358 e. The Hall–Kier alpha value is -3.27. The van der Waals surface area contributed by atoms with Gasteiger partial charge < -0.3 is 29.8 Å². The molecule has 0 aliphatic carbocycles. The predicted molar refractivity (Wildman–Crippen MR) is 152 cm³/mol. The van der Waals surface area contributed by atoms with Crippen LogP contribution in [-0.4, -0.2) is 42.8 Å². The Balaban J connectivity index is 1.91. The molecule has 0 fully saturated rings. The van der Waals surface area contributed by atoms with E-state index in [1.807, 2.05) is 0 Å². The van der Waals surface area contributed by atoms with E-state index in [9.17, 15) is 51.9 Å². The summed E-state index contributed by atoms with van der Waals surface area (Å²) >= 11 is 11.6. The van der Waals surface area contributed by atoms with Crippen LogP contribution in [0.4, 0.5) is 22.7 Å². The zero-order valence-electron chi connectivity index (χ0n) is 20.3. The number of halogens is 2. The number of hydrogen-bond acceptors (Lipinski definition) is 10. The molecule has 0 aliphatic rings. The second-order valence-electron chi connectivity index (χ2n) is 8.33. The summed E-state index contributed by atoms with van der Waals surface area (Å²) in [5.74, 6) is -1.83. The molecule has 42 heavy (non-hydrogen) atoms. The minimum Gasteiger partial charge on any atom is -0.505 e. The molecule has 4 rings (SSSR count). The molecule has 0 bridgehead atoms. The van der Waals surface area contributed by atoms with Crippen LogP contribution < -0.4 is 10.6 Å². The van der Waals surface area contributed by atoms with Crippen molar-refractivity contribution in [3.05, 3.63) is 64.6 Å². The molecule has 0 unspecified atom stereocenters. The number of aromatic hydroxyl groups is 2. The van der Waals surface area contributed by atoms with E-state index in [2.05, 4.69) is 20.5 Å². The van der Waals surface area contributed by atoms with Gasteiger partial charge in [-0.1, -0.05) is 29.3 Å². The van der Waals surface area contributed by atoms with Crippen LogP contribution in [0.1, 0.15) is 0 Å². The smallest absolute Gasteiger partial charge is 0.358 e. The summed E-state index contributed by atoms with van der Waals surface area (Å²) < 4.78 is 57.7. The molecule has 20 heteroatoms. The van der Waals surface area contributed by atoms with Crippen molar-refractivity contribution in [2.24, 2.45) is 20.5 Å². The Bertz CT molecular complexity index is 2030. The Morgan fingerprint density at radius 3 is 1.57 bits per heavy atom. The van der Waals surface area contributed by atoms with Crippen LogP contribution in [0.25, 0.3) is 10.8 Å². The predicted octanol–water partition coefficient (Wildman–Crippen LogP) is 5.24. The van der Waals surface area contributed by atoms with Crippen LogP contribution in [0, 0.1) is 0 Å². The topological polar surface area (TPSA) is 259 Å². The monoisotopic (exact) mass is 676 g/mol. The lowest BCUT2D eigenvalue weighted by Gasteiger charge is -2.12. The molecule has 0 aromatic heterocycles. The van der Waals surface area contributed by atoms with Crippen LogP contribution in [0.5, 0.6) is 11.5 Å². The lowest BCUT2D eigenvalue weighted by atomic mass is 10.1. The van der Waals surface area contributed by atoms with E-state index in [0.717, 1.165) is 36.4 Å². The second-order valence-corrected chi connectivity index (χ2v) is 13.7. The third-order valence-electron chi connectivity index (χ3n) is 5.47. The number of nitrogens with zero attached hydrogens (tertiary/aromatic N) is 4. The molecule has 0 aliphatic heterocycles. The van der Waals surface area contributed by atoms with Crippen molar-refractivity contribution in [2.75, 3.05) is 0 Å². The molecule has 0 heterocycles. The maximum absolute atomic E-state index is 12.1. The molecule has 220 valence electrons. The van der Waals surface area contributed by atoms with Gasteiger partial charge in [-0.3, -0.25) is 13.7 Å². The summed E-state index contributed by atoms with van der Waals surface area (Å²) in [5, 5.41) is 34.7. The van der Waals surface area contributed by atoms with Crippen molar-refractivity contribution in [3.8, 4) is 11.5 Å². The summed E-state index contributed by atoms with van der Waals surface area (Å²) in [5.41, 5.74) is -2.02. The van der Waals surface area contributed by atoms with Gasteiger partial charge in [-0.05, 0) is 53.9 Å². The van der Waals surface area contributed by atoms with E-state index in [-0.39, 0.29) is 26.8 Å². The number of fused-ring (bicyclic) bond motifs is 1. The van der Waals surface area contributed by atoms with Gasteiger partial charge >= 0.3 is 15.2 Å². The standard InChI is InChI=1S/C22H16Cl2N4O11P2S/c23-11-2-5-13(16(8-11)40(31,32)33)25-27-15-4-1-10-7-18(42(37,38)39)20(22(30)19(10)21(15)29)28-26-14-6-3-12(24)9-17(14)41(34,35)36/h1-9,29-30H,(H2,31,32,33)(H2,34,35,36)(H,37,38,39). The Morgan fingerprint density at radius 2 is 1.10 bits per heavy atom. The molecule has 15 nitrogen and oxygen atoms in total. The van der Waals surface area contributed by atoms with Crippen molar-refractivity contribution in [1.82, 2.24) is 0 Å². The highest BCUT2D eigenvalue weighted by molar-refractivity contribution is 7.86. The Labute approximate surface area is 245 Å². The van der Waals surface area contributed by atoms with Crippen molar-refractivity contribution in [2.45, 2.75) is 4.90 Å². The molecular formula is C22H16Cl2N4O11P2S. The summed E-state index contributed by atoms with van der Waals surface area (Å²) in [7, 11) is -14.9. The summed E-state index contributed by atoms with van der Waals surface area (Å²) in [6.07, 6.45) is 0. The second kappa shape index (κ2) is 11.4. The molecule has 4 aromatic carbocycles. The lowest BCUT2D eigenvalue weighted by Crippen LogP contribution is -2.04. The molecule has 0 saturated heterocycles. The van der Waals surface area contributed by atoms with Crippen LogP contribution in [0.15, 0.2) is 79.9 Å². The zero-order valence-corrected chi connectivity index (χ0v) is 24.4. The first kappa shape index (κ1) is 31.7. The van der Waals surface area contributed by atoms with E-state index >= 15 is 0 Å². The van der Waals surface area contributed by atoms with Crippen LogP contribution in [0.2, 0.25) is 10.0 Å². The van der Waals surface area contributed by atoms with Crippen molar-refractivity contribution < 1.29 is 51.9 Å². The molecule has 0 saturated carbocycles. The molecular weight excluding hydrogens is 661 g/mol. The number of rotatable bonds is 7. The van der Waals surface area contributed by atoms with Crippen LogP contribution >= 0.6 is 38.4 Å². The number of phenolic OH excluding ortho intramolecular Hbond substituents is 2. The lowest BCUT2D eigenvalue weighted by molar-refractivity contribution is 0.385. The Kier molecular flexibility index (Phi) is 8.62. The fourth-order valence-electron chi connectivity index (χ4n) is 3.62. The summed E-state index contributed by atoms with van der Waals surface area (Å²) in [6.45, 7) is 0. The van der Waals surface area contributed by atoms with Gasteiger partial charge in [-0.15, -0.1) is 20.5 Å². The molecule has 0 radical (unpaired) electrons. The van der Waals surface area contributed by atoms with Gasteiger partial charge in [0, 0.05) is 10.0 Å². The highest BCUT2D eigenvalue weighted by Gasteiger charge is 2.27. The Morgan fingerprint density at radius 1 is 0.643 bits per heavy atom. The number of benzene rings is 4. The van der Waals surface area contributed by atoms with Crippen molar-refractivity contribution in [3.63, 3.8) is 0 Å². The van der Waals surface area contributed by atoms with E-state index in [1.54, 1.807) is 0 Å². The van der Waals surface area contributed by atoms with Gasteiger partial charge in [-0.2, -0.15) is 8.42 Å². The number of hydrogen-bond donors (Lipinski definition) is 7. The average Bonchev–Trinajstić information content (AvgIpc) is 2.87. The normalized spacial score (nSPS) is 13.0. The van der Waals surface area contributed by atoms with Gasteiger partial charge in [-0.25, -0.2) is 0 Å². The van der Waals surface area contributed by atoms with Gasteiger partial charge in [0.25, 0.3) is 10.1 Å². The highest BCUT2D eigenvalue weighted by atomic mass is 35.5. The van der Waals surface area contributed by atoms with E-state index in [1.165, 1.54) is 18.2 Å². The number of azo groups is 2. The largest absolute Gasteiger partial charge is 0.505 e. The minimum atomic E-state index is -5.09. The van der Waals surface area contributed by atoms with Crippen molar-refractivity contribution >= 4 is 92.6 Å². The quantitative estimate of drug-likeness (QED) is 0.0755. The fourth-order valence-corrected chi connectivity index (χ4v) is 6.23. The van der Waals surface area contributed by atoms with Gasteiger partial charge in [0.2, 0.25) is 0 Å². The third kappa shape index (κ3) is 6.69.